The van der Waals surface area contributed by atoms with E-state index in [0.717, 1.165) is 0 Å². The van der Waals surface area contributed by atoms with Gasteiger partial charge in [-0.1, -0.05) is 23.3 Å². The largest absolute Gasteiger partial charge is 0.495 e. The summed E-state index contributed by atoms with van der Waals surface area (Å²) >= 11 is 0. The lowest BCUT2D eigenvalue weighted by Gasteiger charge is -2.41. The molecular weight excluding hydrogens is 1480 g/mol. The van der Waals surface area contributed by atoms with Crippen LogP contribution in [0.25, 0.3) is 0 Å². The summed E-state index contributed by atoms with van der Waals surface area (Å²) in [5.41, 5.74) is -7.76. The molecule has 63 heteroatoms. The minimum Gasteiger partial charge on any atom is -0.404 e. The molecule has 84 heavy (non-hydrogen) atoms. The quantitative estimate of drug-likeness (QED) is 0.0468. The van der Waals surface area contributed by atoms with Crippen LogP contribution in [0.1, 0.15) is 0 Å². The molecule has 1 atom stereocenters. The smallest absolute Gasteiger partial charge is 0.404 e. The van der Waals surface area contributed by atoms with Gasteiger partial charge in [0, 0.05) is 0 Å². The number of ether oxygens (including phenoxy) is 5. The molecule has 0 aromatic rings. The van der Waals surface area contributed by atoms with Gasteiger partial charge in [-0.2, -0.15) is 195 Å². The van der Waals surface area contributed by atoms with E-state index < -0.39 is 177 Å². The average molecular weight is 1480 g/mol. The summed E-state index contributed by atoms with van der Waals surface area (Å²) in [6.07, 6.45) is -45.9. The van der Waals surface area contributed by atoms with Crippen LogP contribution in [0.15, 0.2) is 36.8 Å². The zero-order valence-electron chi connectivity index (χ0n) is 35.2. The Morgan fingerprint density at radius 1 is 0.274 bits per heavy atom. The Balaban J connectivity index is -0.00000119. The van der Waals surface area contributed by atoms with E-state index in [9.17, 15) is 223 Å². The van der Waals surface area contributed by atoms with Crippen LogP contribution in [0.2, 0.25) is 0 Å². The van der Waals surface area contributed by atoms with E-state index in [4.69, 9.17) is 0 Å². The number of hydrogen-bond donors (Lipinski definition) is 0. The minimum absolute atomic E-state index is 1.31. The first-order chi connectivity index (χ1) is 35.5. The van der Waals surface area contributed by atoms with Crippen LogP contribution in [-0.2, 0) is 85.0 Å². The molecule has 0 aromatic heterocycles. The number of halogens is 40. The first kappa shape index (κ1) is 83.7. The van der Waals surface area contributed by atoms with Crippen LogP contribution in [0.3, 0.4) is 0 Å². The molecule has 0 heterocycles. The maximum atomic E-state index is 14.0. The molecule has 504 valence electrons. The third kappa shape index (κ3) is 14.9. The molecule has 0 rings (SSSR count). The van der Waals surface area contributed by atoms with E-state index in [-0.39, 0.29) is 0 Å². The van der Waals surface area contributed by atoms with Crippen molar-refractivity contribution in [1.82, 2.24) is 0 Å². The predicted molar refractivity (Wildman–Crippen MR) is 167 cm³/mol. The van der Waals surface area contributed by atoms with Gasteiger partial charge in [-0.3, -0.25) is 9.47 Å². The molecule has 0 aliphatic rings. The second-order valence-electron chi connectivity index (χ2n) is 12.7. The molecule has 0 radical (unpaired) electrons. The molecule has 0 fully saturated rings. The normalized spacial score (nSPS) is 16.0. The summed E-state index contributed by atoms with van der Waals surface area (Å²) in [6, 6.07) is -11.2. The van der Waals surface area contributed by atoms with Crippen LogP contribution in [0.5, 0.6) is 0 Å². The fourth-order valence-electron chi connectivity index (χ4n) is 3.40. The predicted octanol–water partition coefficient (Wildman–Crippen LogP) is 10.5. The summed E-state index contributed by atoms with van der Waals surface area (Å²) in [4.78, 5) is 0. The van der Waals surface area contributed by atoms with Crippen LogP contribution in [0.4, 0.5) is 173 Å². The molecule has 0 spiro atoms. The van der Waals surface area contributed by atoms with Crippen molar-refractivity contribution >= 4 is 61.3 Å². The molecule has 0 saturated carbocycles. The third-order valence-electron chi connectivity index (χ3n) is 7.14. The van der Waals surface area contributed by atoms with Crippen molar-refractivity contribution in [2.45, 2.75) is 85.4 Å². The van der Waals surface area contributed by atoms with Crippen molar-refractivity contribution < 1.29 is 247 Å². The molecule has 1 unspecified atom stereocenters. The highest BCUT2D eigenvalue weighted by molar-refractivity contribution is 7.89. The Morgan fingerprint density at radius 3 is 0.679 bits per heavy atom. The fourth-order valence-corrected chi connectivity index (χ4v) is 6.69. The molecule has 0 aliphatic heterocycles. The monoisotopic (exact) mass is 1480 g/mol. The van der Waals surface area contributed by atoms with Crippen molar-refractivity contribution in [2.24, 2.45) is 0 Å². The fraction of sp³-hybridized carbons (Fsp3) is 0.714. The highest BCUT2D eigenvalue weighted by atomic mass is 32.3. The summed E-state index contributed by atoms with van der Waals surface area (Å²) in [5, 5.41) is -47.4. The van der Waals surface area contributed by atoms with Gasteiger partial charge in [0.2, 0.25) is 0 Å². The molecular formula is C21H2F40O17S6. The van der Waals surface area contributed by atoms with Crippen LogP contribution in [-0.4, -0.2) is 136 Å². The Hall–Kier alpha value is -4.56. The van der Waals surface area contributed by atoms with E-state index >= 15 is 0 Å². The highest BCUT2D eigenvalue weighted by Gasteiger charge is 2.93. The summed E-state index contributed by atoms with van der Waals surface area (Å²) in [6.45, 7) is 1.73. The second-order valence-corrected chi connectivity index (χ2v) is 21.0. The molecule has 0 amide bonds. The van der Waals surface area contributed by atoms with Gasteiger partial charge in [-0.15, -0.1) is 0 Å². The van der Waals surface area contributed by atoms with Crippen molar-refractivity contribution in [2.75, 3.05) is 0 Å². The highest BCUT2D eigenvalue weighted by Crippen LogP contribution is 2.61. The van der Waals surface area contributed by atoms with Crippen molar-refractivity contribution in [3.63, 3.8) is 0 Å². The Labute approximate surface area is 430 Å². The van der Waals surface area contributed by atoms with Gasteiger partial charge in [0.25, 0.3) is 6.01 Å². The zero-order chi connectivity index (χ0) is 69.9. The van der Waals surface area contributed by atoms with Gasteiger partial charge < -0.3 is 14.2 Å². The van der Waals surface area contributed by atoms with Gasteiger partial charge in [0.1, 0.15) is 0 Å². The van der Waals surface area contributed by atoms with E-state index in [1.807, 2.05) is 4.74 Å². The number of rotatable bonds is 25. The van der Waals surface area contributed by atoms with Crippen molar-refractivity contribution in [3.05, 3.63) is 36.8 Å². The van der Waals surface area contributed by atoms with Crippen LogP contribution in [0, 0.1) is 0 Å². The van der Waals surface area contributed by atoms with Gasteiger partial charge in [-0.05, 0) is 6.58 Å². The van der Waals surface area contributed by atoms with E-state index in [0.29, 0.717) is 0 Å². The minimum atomic E-state index is -8.57. The standard InChI is InChI=1S/C8F16O6S2.C7F14O6S2.C6H2F10O5S2/c9-1(10)2(11)29-6(17,18)3(12,5(14,15)16)30-4(13,7(19,20)31(23,25)26)8(21,22)32(24,27)28;8-1(9)2(10)26-4(12,13)5(14,15)27-3(11,6(16,17)28(20,22)23)7(18,19)29(21,24)25;1-2(7)21-4(9,10)3(8,5(11,12)22(15,17)18)6(13,14)23(16,19)20/h;;1H2. The number of hydrogen-bond acceptors (Lipinski definition) is 17. The van der Waals surface area contributed by atoms with Crippen LogP contribution >= 0.6 is 0 Å². The molecule has 0 aliphatic carbocycles. The third-order valence-corrected chi connectivity index (χ3v) is 12.4. The summed E-state index contributed by atoms with van der Waals surface area (Å²) in [5.74, 6) is -24.7. The van der Waals surface area contributed by atoms with E-state index in [1.165, 1.54) is 9.47 Å². The van der Waals surface area contributed by atoms with Gasteiger partial charge in [0.05, 0.1) is 0 Å². The van der Waals surface area contributed by atoms with Gasteiger partial charge >= 0.3 is 171 Å². The zero-order valence-corrected chi connectivity index (χ0v) is 40.1. The molecule has 17 nitrogen and oxygen atoms in total. The van der Waals surface area contributed by atoms with E-state index in [1.54, 1.807) is 11.3 Å². The molecule has 0 aromatic carbocycles. The topological polar surface area (TPSA) is 251 Å². The lowest BCUT2D eigenvalue weighted by molar-refractivity contribution is -0.504. The maximum Gasteiger partial charge on any atom is 0.495 e. The Kier molecular flexibility index (Phi) is 23.4. The average Bonchev–Trinajstić information content (AvgIpc) is 3.19. The van der Waals surface area contributed by atoms with Crippen LogP contribution < -0.4 is 0 Å². The lowest BCUT2D eigenvalue weighted by atomic mass is 10.1. The van der Waals surface area contributed by atoms with Gasteiger partial charge in [0.15, 0.2) is 0 Å². The molecule has 0 N–H and O–H groups in total. The van der Waals surface area contributed by atoms with E-state index in [2.05, 4.69) is 4.74 Å². The molecule has 0 saturated heterocycles. The van der Waals surface area contributed by atoms with Crippen molar-refractivity contribution in [1.29, 1.82) is 0 Å². The Morgan fingerprint density at radius 2 is 0.488 bits per heavy atom. The summed E-state index contributed by atoms with van der Waals surface area (Å²) in [7, 11) is -49.9. The molecule has 0 bridgehead atoms. The maximum absolute atomic E-state index is 14.0. The first-order valence-corrected chi connectivity index (χ1v) is 24.3. The van der Waals surface area contributed by atoms with Gasteiger partial charge in [-0.25, -0.2) is 4.39 Å². The summed E-state index contributed by atoms with van der Waals surface area (Å²) < 4.78 is 642. The first-order valence-electron chi connectivity index (χ1n) is 16.0. The lowest BCUT2D eigenvalue weighted by Crippen LogP contribution is -2.71. The number of alkyl halides is 27. The Bertz CT molecular complexity index is 3070. The van der Waals surface area contributed by atoms with Crippen molar-refractivity contribution in [3.8, 4) is 0 Å². The second kappa shape index (κ2) is 23.5. The SMILES string of the molecule is C=C(F)OC(F)(F)C(F)(C(F)(F)S(=O)(=O)F)C(F)(F)S(=O)(=O)F.O=S(=O)(F)C(F)(F)C(F)(OC(F)(C(F)(F)F)C(F)(F)OC(F)=C(F)F)C(F)(F)S(=O)(=O)F.O=S(=O)(F)C(F)(F)C(F)(OC(F)(F)C(F)(F)OC(F)=C(F)F)C(F)(F)S(=O)(=O)F.